The van der Waals surface area contributed by atoms with Crippen LogP contribution < -0.4 is 10.1 Å². The first-order valence-electron chi connectivity index (χ1n) is 8.86. The molecule has 0 saturated heterocycles. The molecule has 4 rings (SSSR count). The number of ether oxygens (including phenoxy) is 1. The van der Waals surface area contributed by atoms with E-state index in [4.69, 9.17) is 16.3 Å². The summed E-state index contributed by atoms with van der Waals surface area (Å²) in [5.41, 5.74) is 4.65. The van der Waals surface area contributed by atoms with Gasteiger partial charge in [-0.05, 0) is 55.2 Å². The molecule has 0 radical (unpaired) electrons. The smallest absolute Gasteiger partial charge is 0.255 e. The number of nitrogens with one attached hydrogen (secondary N) is 1. The van der Waals surface area contributed by atoms with Gasteiger partial charge >= 0.3 is 0 Å². The Labute approximate surface area is 162 Å². The van der Waals surface area contributed by atoms with Crippen molar-refractivity contribution in [1.29, 1.82) is 0 Å². The van der Waals surface area contributed by atoms with Crippen molar-refractivity contribution in [2.24, 2.45) is 0 Å². The molecule has 0 unspecified atom stereocenters. The molecule has 0 bridgehead atoms. The van der Waals surface area contributed by atoms with E-state index in [9.17, 15) is 4.79 Å². The summed E-state index contributed by atoms with van der Waals surface area (Å²) in [7, 11) is 0. The van der Waals surface area contributed by atoms with Gasteiger partial charge in [-0.1, -0.05) is 23.7 Å². The molecule has 1 aromatic heterocycles. The number of hydrogen-bond acceptors (Lipinski definition) is 3. The SMILES string of the molecule is Cc1c(Cc2ccc(-n3ccnc3)cc2)cc2c(c1Cl)OC[C@@H](C)NC2=O. The Hall–Kier alpha value is -2.79. The van der Waals surface area contributed by atoms with E-state index in [1.807, 2.05) is 30.7 Å². The second kappa shape index (κ2) is 7.08. The third-order valence-corrected chi connectivity index (χ3v) is 5.26. The Morgan fingerprint density at radius 3 is 2.81 bits per heavy atom. The highest BCUT2D eigenvalue weighted by Crippen LogP contribution is 2.36. The molecule has 0 fully saturated rings. The fourth-order valence-corrected chi connectivity index (χ4v) is 3.52. The minimum Gasteiger partial charge on any atom is -0.489 e. The summed E-state index contributed by atoms with van der Waals surface area (Å²) in [5, 5.41) is 3.44. The van der Waals surface area contributed by atoms with Crippen LogP contribution in [0, 0.1) is 6.92 Å². The Morgan fingerprint density at radius 1 is 1.33 bits per heavy atom. The summed E-state index contributed by atoms with van der Waals surface area (Å²) in [5.74, 6) is 0.337. The zero-order valence-corrected chi connectivity index (χ0v) is 16.0. The number of imidazole rings is 1. The van der Waals surface area contributed by atoms with Crippen molar-refractivity contribution in [2.45, 2.75) is 26.3 Å². The first kappa shape index (κ1) is 17.6. The Morgan fingerprint density at radius 2 is 2.11 bits per heavy atom. The number of benzene rings is 2. The van der Waals surface area contributed by atoms with Gasteiger partial charge in [0.1, 0.15) is 6.61 Å². The lowest BCUT2D eigenvalue weighted by Crippen LogP contribution is -2.33. The molecule has 1 N–H and O–H groups in total. The van der Waals surface area contributed by atoms with E-state index >= 15 is 0 Å². The van der Waals surface area contributed by atoms with E-state index in [0.29, 0.717) is 29.4 Å². The zero-order valence-electron chi connectivity index (χ0n) is 15.2. The summed E-state index contributed by atoms with van der Waals surface area (Å²) in [6.07, 6.45) is 6.12. The number of rotatable bonds is 3. The van der Waals surface area contributed by atoms with Crippen molar-refractivity contribution in [3.05, 3.63) is 76.3 Å². The largest absolute Gasteiger partial charge is 0.489 e. The number of fused-ring (bicyclic) bond motifs is 1. The Balaban J connectivity index is 1.65. The van der Waals surface area contributed by atoms with Gasteiger partial charge in [0.05, 0.1) is 23.0 Å². The van der Waals surface area contributed by atoms with Crippen molar-refractivity contribution >= 4 is 17.5 Å². The molecule has 0 saturated carbocycles. The summed E-state index contributed by atoms with van der Waals surface area (Å²) in [6.45, 7) is 4.29. The average molecular weight is 382 g/mol. The number of carbonyl (C=O) groups excluding carboxylic acids is 1. The third kappa shape index (κ3) is 3.43. The topological polar surface area (TPSA) is 56.1 Å². The van der Waals surface area contributed by atoms with Crippen molar-refractivity contribution in [2.75, 3.05) is 6.61 Å². The standard InChI is InChI=1S/C21H20ClN3O2/c1-13-11-27-20-18(21(26)24-13)10-16(14(2)19(20)22)9-15-3-5-17(6-4-15)25-8-7-23-12-25/h3-8,10,12-13H,9,11H2,1-2H3,(H,24,26)/t13-/m1/s1. The van der Waals surface area contributed by atoms with Gasteiger partial charge in [-0.25, -0.2) is 4.98 Å². The summed E-state index contributed by atoms with van der Waals surface area (Å²) < 4.78 is 7.74. The zero-order chi connectivity index (χ0) is 19.0. The summed E-state index contributed by atoms with van der Waals surface area (Å²) in [6, 6.07) is 10.1. The number of aromatic nitrogens is 2. The lowest BCUT2D eigenvalue weighted by Gasteiger charge is -2.15. The molecule has 138 valence electrons. The van der Waals surface area contributed by atoms with Crippen LogP contribution in [-0.2, 0) is 6.42 Å². The predicted octanol–water partition coefficient (Wildman–Crippen LogP) is 3.94. The van der Waals surface area contributed by atoms with Crippen LogP contribution in [0.4, 0.5) is 0 Å². The molecule has 0 aliphatic carbocycles. The van der Waals surface area contributed by atoms with E-state index < -0.39 is 0 Å². The fourth-order valence-electron chi connectivity index (χ4n) is 3.24. The highest BCUT2D eigenvalue weighted by atomic mass is 35.5. The van der Waals surface area contributed by atoms with Gasteiger partial charge in [0.2, 0.25) is 0 Å². The van der Waals surface area contributed by atoms with Crippen LogP contribution in [0.5, 0.6) is 5.75 Å². The average Bonchev–Trinajstić information content (AvgIpc) is 3.15. The normalized spacial score (nSPS) is 16.3. The second-order valence-corrected chi connectivity index (χ2v) is 7.23. The van der Waals surface area contributed by atoms with Crippen molar-refractivity contribution in [1.82, 2.24) is 14.9 Å². The van der Waals surface area contributed by atoms with Gasteiger partial charge in [0, 0.05) is 18.1 Å². The van der Waals surface area contributed by atoms with Crippen LogP contribution in [0.2, 0.25) is 5.02 Å². The number of carbonyl (C=O) groups is 1. The van der Waals surface area contributed by atoms with E-state index in [0.717, 1.165) is 22.4 Å². The number of halogens is 1. The van der Waals surface area contributed by atoms with Crippen LogP contribution in [0.25, 0.3) is 5.69 Å². The minimum atomic E-state index is -0.145. The highest BCUT2D eigenvalue weighted by Gasteiger charge is 2.25. The highest BCUT2D eigenvalue weighted by molar-refractivity contribution is 6.33. The maximum Gasteiger partial charge on any atom is 0.255 e. The van der Waals surface area contributed by atoms with Crippen LogP contribution in [0.1, 0.15) is 34.0 Å². The van der Waals surface area contributed by atoms with Gasteiger partial charge in [-0.15, -0.1) is 0 Å². The Kier molecular flexibility index (Phi) is 4.62. The maximum atomic E-state index is 12.5. The molecule has 6 heteroatoms. The first-order valence-corrected chi connectivity index (χ1v) is 9.23. The summed E-state index contributed by atoms with van der Waals surface area (Å²) in [4.78, 5) is 16.6. The molecule has 3 aromatic rings. The quantitative estimate of drug-likeness (QED) is 0.747. The molecule has 2 aromatic carbocycles. The van der Waals surface area contributed by atoms with Gasteiger partial charge < -0.3 is 14.6 Å². The molecular formula is C21H20ClN3O2. The van der Waals surface area contributed by atoms with Gasteiger partial charge in [0.15, 0.2) is 5.75 Å². The lowest BCUT2D eigenvalue weighted by molar-refractivity contribution is 0.0942. The van der Waals surface area contributed by atoms with Crippen LogP contribution in [-0.4, -0.2) is 28.1 Å². The molecule has 5 nitrogen and oxygen atoms in total. The number of hydrogen-bond donors (Lipinski definition) is 1. The molecule has 1 aliphatic heterocycles. The van der Waals surface area contributed by atoms with Crippen LogP contribution in [0.3, 0.4) is 0 Å². The monoisotopic (exact) mass is 381 g/mol. The third-order valence-electron chi connectivity index (χ3n) is 4.81. The lowest BCUT2D eigenvalue weighted by atomic mass is 9.97. The first-order chi connectivity index (χ1) is 13.0. The minimum absolute atomic E-state index is 0.0551. The number of amides is 1. The molecule has 1 amide bonds. The van der Waals surface area contributed by atoms with Crippen molar-refractivity contribution in [3.8, 4) is 11.4 Å². The molecule has 0 spiro atoms. The second-order valence-electron chi connectivity index (χ2n) is 6.85. The molecule has 2 heterocycles. The van der Waals surface area contributed by atoms with E-state index in [1.165, 1.54) is 0 Å². The Bertz CT molecular complexity index is 982. The summed E-state index contributed by atoms with van der Waals surface area (Å²) >= 11 is 6.55. The van der Waals surface area contributed by atoms with Gasteiger partial charge in [-0.2, -0.15) is 0 Å². The molecule has 1 atom stereocenters. The fraction of sp³-hybridized carbons (Fsp3) is 0.238. The molecular weight excluding hydrogens is 362 g/mol. The molecule has 1 aliphatic rings. The number of nitrogens with zero attached hydrogens (tertiary/aromatic N) is 2. The van der Waals surface area contributed by atoms with Gasteiger partial charge in [-0.3, -0.25) is 4.79 Å². The van der Waals surface area contributed by atoms with Gasteiger partial charge in [0.25, 0.3) is 5.91 Å². The van der Waals surface area contributed by atoms with Crippen molar-refractivity contribution in [3.63, 3.8) is 0 Å². The van der Waals surface area contributed by atoms with E-state index in [1.54, 1.807) is 12.5 Å². The van der Waals surface area contributed by atoms with E-state index in [2.05, 4.69) is 34.6 Å². The van der Waals surface area contributed by atoms with Crippen molar-refractivity contribution < 1.29 is 9.53 Å². The molecule has 27 heavy (non-hydrogen) atoms. The van der Waals surface area contributed by atoms with Crippen LogP contribution >= 0.6 is 11.6 Å². The van der Waals surface area contributed by atoms with E-state index in [-0.39, 0.29) is 11.9 Å². The predicted molar refractivity (Wildman–Crippen MR) is 105 cm³/mol. The van der Waals surface area contributed by atoms with Crippen LogP contribution in [0.15, 0.2) is 49.1 Å². The maximum absolute atomic E-state index is 12.5.